The van der Waals surface area contributed by atoms with Crippen molar-refractivity contribution < 1.29 is 18.7 Å². The summed E-state index contributed by atoms with van der Waals surface area (Å²) in [5.41, 5.74) is 1.75. The van der Waals surface area contributed by atoms with Crippen molar-refractivity contribution in [1.29, 1.82) is 0 Å². The van der Waals surface area contributed by atoms with Gasteiger partial charge in [-0.25, -0.2) is 4.79 Å². The van der Waals surface area contributed by atoms with Crippen molar-refractivity contribution in [3.05, 3.63) is 96.3 Å². The molecule has 4 nitrogen and oxygen atoms in total. The van der Waals surface area contributed by atoms with Gasteiger partial charge in [-0.05, 0) is 42.0 Å². The van der Waals surface area contributed by atoms with Crippen LogP contribution >= 0.6 is 0 Å². The highest BCUT2D eigenvalue weighted by molar-refractivity contribution is 5.93. The van der Waals surface area contributed by atoms with Crippen LogP contribution in [0.4, 0.5) is 0 Å². The molecule has 0 aliphatic rings. The van der Waals surface area contributed by atoms with E-state index in [9.17, 15) is 4.79 Å². The molecule has 0 aliphatic heterocycles. The number of benzene rings is 3. The molecule has 0 radical (unpaired) electrons. The second kappa shape index (κ2) is 7.15. The van der Waals surface area contributed by atoms with Crippen LogP contribution in [-0.4, -0.2) is 5.97 Å². The Bertz CT molecular complexity index is 984. The number of rotatable bonds is 5. The monoisotopic (exact) mass is 344 g/mol. The van der Waals surface area contributed by atoms with Gasteiger partial charge in [-0.1, -0.05) is 48.5 Å². The van der Waals surface area contributed by atoms with Gasteiger partial charge in [-0.2, -0.15) is 0 Å². The van der Waals surface area contributed by atoms with Crippen LogP contribution in [0.3, 0.4) is 0 Å². The first-order chi connectivity index (χ1) is 12.8. The largest absolute Gasteiger partial charge is 0.489 e. The third kappa shape index (κ3) is 3.59. The lowest BCUT2D eigenvalue weighted by Gasteiger charge is -2.07. The molecule has 0 atom stereocenters. The number of hydrogen-bond acceptors (Lipinski definition) is 4. The lowest BCUT2D eigenvalue weighted by molar-refractivity contribution is 0.0703. The SMILES string of the molecule is O=C(Oc1ccc(OCc2ccccc2)cc1)c1cc2ccccc2o1. The van der Waals surface area contributed by atoms with Crippen LogP contribution < -0.4 is 9.47 Å². The van der Waals surface area contributed by atoms with Gasteiger partial charge in [-0.3, -0.25) is 0 Å². The van der Waals surface area contributed by atoms with Crippen molar-refractivity contribution in [1.82, 2.24) is 0 Å². The smallest absolute Gasteiger partial charge is 0.379 e. The van der Waals surface area contributed by atoms with Crippen molar-refractivity contribution in [2.75, 3.05) is 0 Å². The average Bonchev–Trinajstić information content (AvgIpc) is 3.13. The summed E-state index contributed by atoms with van der Waals surface area (Å²) in [4.78, 5) is 12.2. The van der Waals surface area contributed by atoms with Crippen LogP contribution in [0.15, 0.2) is 89.3 Å². The van der Waals surface area contributed by atoms with Crippen molar-refractivity contribution in [2.24, 2.45) is 0 Å². The third-order valence-electron chi connectivity index (χ3n) is 3.91. The van der Waals surface area contributed by atoms with Crippen molar-refractivity contribution in [3.63, 3.8) is 0 Å². The molecule has 1 aromatic heterocycles. The van der Waals surface area contributed by atoms with E-state index in [1.807, 2.05) is 54.6 Å². The van der Waals surface area contributed by atoms with Gasteiger partial charge in [0.1, 0.15) is 23.7 Å². The Labute approximate surface area is 150 Å². The molecular weight excluding hydrogens is 328 g/mol. The number of furan rings is 1. The van der Waals surface area contributed by atoms with Crippen LogP contribution in [-0.2, 0) is 6.61 Å². The molecule has 0 saturated heterocycles. The molecule has 0 unspecified atom stereocenters. The second-order valence-corrected chi connectivity index (χ2v) is 5.78. The van der Waals surface area contributed by atoms with E-state index in [-0.39, 0.29) is 5.76 Å². The molecule has 0 bridgehead atoms. The molecule has 0 saturated carbocycles. The summed E-state index contributed by atoms with van der Waals surface area (Å²) in [6, 6.07) is 26.0. The summed E-state index contributed by atoms with van der Waals surface area (Å²) in [7, 11) is 0. The number of ether oxygens (including phenoxy) is 2. The van der Waals surface area contributed by atoms with Gasteiger partial charge in [0.05, 0.1) is 0 Å². The summed E-state index contributed by atoms with van der Waals surface area (Å²) < 4.78 is 16.6. The van der Waals surface area contributed by atoms with Gasteiger partial charge in [0, 0.05) is 5.39 Å². The Morgan fingerprint density at radius 2 is 1.50 bits per heavy atom. The minimum Gasteiger partial charge on any atom is -0.489 e. The predicted molar refractivity (Wildman–Crippen MR) is 98.4 cm³/mol. The van der Waals surface area contributed by atoms with Crippen molar-refractivity contribution in [3.8, 4) is 11.5 Å². The minimum atomic E-state index is -0.529. The minimum absolute atomic E-state index is 0.176. The molecule has 4 aromatic rings. The Hall–Kier alpha value is -3.53. The highest BCUT2D eigenvalue weighted by Crippen LogP contribution is 2.22. The molecule has 0 fully saturated rings. The normalized spacial score (nSPS) is 10.6. The molecule has 4 rings (SSSR count). The topological polar surface area (TPSA) is 48.7 Å². The number of carbonyl (C=O) groups excluding carboxylic acids is 1. The standard InChI is InChI=1S/C22H16O4/c23-22(21-14-17-8-4-5-9-20(17)26-21)25-19-12-10-18(11-13-19)24-15-16-6-2-1-3-7-16/h1-14H,15H2. The van der Waals surface area contributed by atoms with Crippen molar-refractivity contribution >= 4 is 16.9 Å². The van der Waals surface area contributed by atoms with E-state index in [1.165, 1.54) is 0 Å². The Balaban J connectivity index is 1.39. The van der Waals surface area contributed by atoms with E-state index in [2.05, 4.69) is 0 Å². The average molecular weight is 344 g/mol. The fraction of sp³-hybridized carbons (Fsp3) is 0.0455. The number of carbonyl (C=O) groups is 1. The van der Waals surface area contributed by atoms with E-state index in [1.54, 1.807) is 30.3 Å². The summed E-state index contributed by atoms with van der Waals surface area (Å²) in [5.74, 6) is 0.787. The first-order valence-corrected chi connectivity index (χ1v) is 8.25. The third-order valence-corrected chi connectivity index (χ3v) is 3.91. The molecule has 0 amide bonds. The molecule has 128 valence electrons. The zero-order valence-corrected chi connectivity index (χ0v) is 13.9. The summed E-state index contributed by atoms with van der Waals surface area (Å²) >= 11 is 0. The first kappa shape index (κ1) is 16.0. The number of esters is 1. The van der Waals surface area contributed by atoms with Crippen LogP contribution in [0, 0.1) is 0 Å². The second-order valence-electron chi connectivity index (χ2n) is 5.78. The molecule has 0 N–H and O–H groups in total. The van der Waals surface area contributed by atoms with Gasteiger partial charge in [0.25, 0.3) is 0 Å². The summed E-state index contributed by atoms with van der Waals surface area (Å²) in [6.07, 6.45) is 0. The van der Waals surface area contributed by atoms with Gasteiger partial charge in [-0.15, -0.1) is 0 Å². The Morgan fingerprint density at radius 1 is 0.808 bits per heavy atom. The Kier molecular flexibility index (Phi) is 4.39. The van der Waals surface area contributed by atoms with Crippen LogP contribution in [0.1, 0.15) is 16.1 Å². The fourth-order valence-electron chi connectivity index (χ4n) is 2.58. The number of hydrogen-bond donors (Lipinski definition) is 0. The van der Waals surface area contributed by atoms with Crippen LogP contribution in [0.2, 0.25) is 0 Å². The van der Waals surface area contributed by atoms with E-state index >= 15 is 0 Å². The predicted octanol–water partition coefficient (Wildman–Crippen LogP) is 5.23. The van der Waals surface area contributed by atoms with E-state index in [4.69, 9.17) is 13.9 Å². The molecule has 1 heterocycles. The van der Waals surface area contributed by atoms with E-state index in [0.717, 1.165) is 10.9 Å². The van der Waals surface area contributed by atoms with E-state index in [0.29, 0.717) is 23.7 Å². The molecule has 0 spiro atoms. The maximum absolute atomic E-state index is 12.2. The van der Waals surface area contributed by atoms with Gasteiger partial charge >= 0.3 is 5.97 Å². The van der Waals surface area contributed by atoms with Gasteiger partial charge < -0.3 is 13.9 Å². The highest BCUT2D eigenvalue weighted by Gasteiger charge is 2.14. The molecule has 0 aliphatic carbocycles. The molecule has 3 aromatic carbocycles. The van der Waals surface area contributed by atoms with Crippen molar-refractivity contribution in [2.45, 2.75) is 6.61 Å². The van der Waals surface area contributed by atoms with Crippen LogP contribution in [0.25, 0.3) is 11.0 Å². The fourth-order valence-corrected chi connectivity index (χ4v) is 2.58. The van der Waals surface area contributed by atoms with Crippen LogP contribution in [0.5, 0.6) is 11.5 Å². The summed E-state index contributed by atoms with van der Waals surface area (Å²) in [6.45, 7) is 0.485. The quantitative estimate of drug-likeness (QED) is 0.367. The van der Waals surface area contributed by atoms with Gasteiger partial charge in [0.15, 0.2) is 0 Å². The molecule has 4 heteroatoms. The summed E-state index contributed by atoms with van der Waals surface area (Å²) in [5, 5.41) is 0.865. The maximum Gasteiger partial charge on any atom is 0.379 e. The molecule has 26 heavy (non-hydrogen) atoms. The van der Waals surface area contributed by atoms with Gasteiger partial charge in [0.2, 0.25) is 5.76 Å². The highest BCUT2D eigenvalue weighted by atomic mass is 16.5. The number of fused-ring (bicyclic) bond motifs is 1. The lowest BCUT2D eigenvalue weighted by Crippen LogP contribution is -2.07. The first-order valence-electron chi connectivity index (χ1n) is 8.25. The lowest BCUT2D eigenvalue weighted by atomic mass is 10.2. The molecular formula is C22H16O4. The van der Waals surface area contributed by atoms with E-state index < -0.39 is 5.97 Å². The zero-order valence-electron chi connectivity index (χ0n) is 13.9. The number of para-hydroxylation sites is 1. The zero-order chi connectivity index (χ0) is 17.8. The maximum atomic E-state index is 12.2. The Morgan fingerprint density at radius 3 is 2.27 bits per heavy atom.